The number of benzene rings is 1. The van der Waals surface area contributed by atoms with Crippen molar-refractivity contribution in [1.82, 2.24) is 60.9 Å². The number of amides is 11. The molecule has 0 spiro atoms. The van der Waals surface area contributed by atoms with Gasteiger partial charge in [0.2, 0.25) is 65.0 Å². The van der Waals surface area contributed by atoms with Crippen LogP contribution in [0.5, 0.6) is 0 Å². The third kappa shape index (κ3) is 25.5. The van der Waals surface area contributed by atoms with E-state index in [1.807, 2.05) is 99.7 Å². The molecule has 0 bridgehead atoms. The number of nitrogens with one attached hydrogen (secondary N) is 5. The number of aliphatic hydroxyl groups is 2. The first-order valence-corrected chi connectivity index (χ1v) is 33.9. The van der Waals surface area contributed by atoms with Crippen LogP contribution in [-0.4, -0.2) is 245 Å². The highest BCUT2D eigenvalue weighted by Gasteiger charge is 2.45. The first-order chi connectivity index (χ1) is 44.1. The van der Waals surface area contributed by atoms with Crippen molar-refractivity contribution >= 4 is 65.0 Å². The Morgan fingerprint density at radius 1 is 0.505 bits per heavy atom. The SMILES string of the molecule is C/C=C/C[C@@H](C)[C@@H](O)[C@H]1C(=O)N[C@@H](C(C)O)C(=O)N(C)CC(=O)N(C)[C@@H](CC(C)C)C(=O)N[C@@H](CC(C)C)C(=O)N(C)[C@@H](CC(C)C)C(=O)N[C@@H](C)C(=O)N[C@H](C)C(=O)N(C)[C@@H](C[C@H](C)CN(C)Cc2ccccc2)C(=O)N[C@@H](CC(C)C)C(=O)N(C)[C@@H](C(C)C)C(=O)N1C. The summed E-state index contributed by atoms with van der Waals surface area (Å²) in [6.07, 6.45) is 1.09. The largest absolute Gasteiger partial charge is 0.391 e. The number of carbonyl (C=O) groups excluding carboxylic acids is 11. The number of rotatable bonds is 20. The van der Waals surface area contributed by atoms with Crippen molar-refractivity contribution in [3.05, 3.63) is 48.0 Å². The summed E-state index contributed by atoms with van der Waals surface area (Å²) in [4.78, 5) is 171. The van der Waals surface area contributed by atoms with Gasteiger partial charge in [-0.05, 0) is 120 Å². The highest BCUT2D eigenvalue weighted by Crippen LogP contribution is 2.25. The van der Waals surface area contributed by atoms with Crippen molar-refractivity contribution in [2.45, 2.75) is 228 Å². The molecule has 538 valence electrons. The zero-order valence-corrected chi connectivity index (χ0v) is 61.4. The lowest BCUT2D eigenvalue weighted by atomic mass is 9.91. The smallest absolute Gasteiger partial charge is 0.248 e. The van der Waals surface area contributed by atoms with Gasteiger partial charge in [0.05, 0.1) is 18.8 Å². The van der Waals surface area contributed by atoms with Crippen LogP contribution >= 0.6 is 0 Å². The highest BCUT2D eigenvalue weighted by atomic mass is 16.3. The lowest BCUT2D eigenvalue weighted by Crippen LogP contribution is -2.64. The minimum Gasteiger partial charge on any atom is -0.391 e. The summed E-state index contributed by atoms with van der Waals surface area (Å²) in [7, 11) is 10.1. The maximum atomic E-state index is 15.3. The second kappa shape index (κ2) is 39.3. The van der Waals surface area contributed by atoms with Gasteiger partial charge in [0.1, 0.15) is 60.4 Å². The second-order valence-corrected chi connectivity index (χ2v) is 28.8. The summed E-state index contributed by atoms with van der Waals surface area (Å²) in [5.41, 5.74) is 1.06. The quantitative estimate of drug-likeness (QED) is 0.0922. The van der Waals surface area contributed by atoms with Crippen molar-refractivity contribution in [1.29, 1.82) is 0 Å². The van der Waals surface area contributed by atoms with Crippen LogP contribution in [0.1, 0.15) is 155 Å². The molecule has 1 saturated heterocycles. The van der Waals surface area contributed by atoms with E-state index < -0.39 is 156 Å². The summed E-state index contributed by atoms with van der Waals surface area (Å²) in [6.45, 7) is 28.1. The third-order valence-electron chi connectivity index (χ3n) is 17.6. The molecule has 1 aliphatic heterocycles. The van der Waals surface area contributed by atoms with E-state index in [0.717, 1.165) is 20.3 Å². The van der Waals surface area contributed by atoms with Gasteiger partial charge in [-0.15, -0.1) is 0 Å². The van der Waals surface area contributed by atoms with E-state index in [-0.39, 0.29) is 68.1 Å². The Morgan fingerprint density at radius 2 is 0.947 bits per heavy atom. The Labute approximate surface area is 567 Å². The average Bonchev–Trinajstić information content (AvgIpc) is 0.811. The third-order valence-corrected chi connectivity index (χ3v) is 17.6. The van der Waals surface area contributed by atoms with Gasteiger partial charge < -0.3 is 71.1 Å². The van der Waals surface area contributed by atoms with Crippen LogP contribution in [0.25, 0.3) is 0 Å². The zero-order valence-electron chi connectivity index (χ0n) is 61.4. The van der Waals surface area contributed by atoms with E-state index in [0.29, 0.717) is 13.1 Å². The molecule has 25 nitrogen and oxygen atoms in total. The predicted octanol–water partition coefficient (Wildman–Crippen LogP) is 3.40. The van der Waals surface area contributed by atoms with Crippen molar-refractivity contribution < 1.29 is 63.0 Å². The average molecular weight is 1340 g/mol. The number of nitrogens with zero attached hydrogens (tertiary/aromatic N) is 7. The van der Waals surface area contributed by atoms with E-state index in [1.165, 1.54) is 77.8 Å². The molecule has 1 fully saturated rings. The molecule has 1 heterocycles. The summed E-state index contributed by atoms with van der Waals surface area (Å²) in [6, 6.07) is -3.66. The van der Waals surface area contributed by atoms with Crippen LogP contribution in [0, 0.1) is 41.4 Å². The second-order valence-electron chi connectivity index (χ2n) is 28.8. The van der Waals surface area contributed by atoms with Crippen molar-refractivity contribution in [3.8, 4) is 0 Å². The highest BCUT2D eigenvalue weighted by molar-refractivity contribution is 5.99. The molecule has 1 aliphatic rings. The molecule has 7 N–H and O–H groups in total. The van der Waals surface area contributed by atoms with Crippen molar-refractivity contribution in [2.24, 2.45) is 41.4 Å². The molecule has 0 aromatic heterocycles. The molecule has 1 unspecified atom stereocenters. The molecular weight excluding hydrogens is 1220 g/mol. The summed E-state index contributed by atoms with van der Waals surface area (Å²) < 4.78 is 0. The van der Waals surface area contributed by atoms with Crippen molar-refractivity contribution in [2.75, 3.05) is 62.4 Å². The van der Waals surface area contributed by atoms with Gasteiger partial charge in [-0.25, -0.2) is 0 Å². The van der Waals surface area contributed by atoms with Crippen LogP contribution in [0.4, 0.5) is 0 Å². The Hall–Kier alpha value is -6.99. The molecule has 14 atom stereocenters. The Kier molecular flexibility index (Phi) is 34.8. The predicted molar refractivity (Wildman–Crippen MR) is 367 cm³/mol. The fourth-order valence-electron chi connectivity index (χ4n) is 12.1. The molecule has 1 aromatic carbocycles. The van der Waals surface area contributed by atoms with Crippen molar-refractivity contribution in [3.63, 3.8) is 0 Å². The van der Waals surface area contributed by atoms with Gasteiger partial charge in [0.25, 0.3) is 0 Å². The Bertz CT molecular complexity index is 2740. The fourth-order valence-corrected chi connectivity index (χ4v) is 12.1. The van der Waals surface area contributed by atoms with Gasteiger partial charge in [0, 0.05) is 55.4 Å². The minimum atomic E-state index is -1.76. The van der Waals surface area contributed by atoms with Gasteiger partial charge in [0.15, 0.2) is 0 Å². The van der Waals surface area contributed by atoms with E-state index in [2.05, 4.69) is 31.5 Å². The van der Waals surface area contributed by atoms with E-state index in [1.54, 1.807) is 39.8 Å². The molecule has 11 amide bonds. The van der Waals surface area contributed by atoms with E-state index in [4.69, 9.17) is 0 Å². The standard InChI is InChI=1S/C70H120N12O13/c1-24-25-29-46(13)60(85)59-65(90)75-57(49(16)83)69(94)77(18)39-56(84)78(19)53(34-42(6)7)63(88)73-51(32-40(2)3)67(92)80(21)54(35-43(8)9)62(87)71-47(14)61(86)72-48(15)66(91)79(20)55(36-45(12)37-76(17)38-50-30-27-26-28-31-50)64(89)74-52(33-41(4)5)68(93)81(22)58(44(10)11)70(95)82(59)23/h24-28,30-31,40-49,51-55,57-60,83,85H,29,32-39H2,1-23H3,(H,71,87)(H,72,86)(H,73,88)(H,74,89)(H,75,90)/b25-24+/t45-,46+,47-,48+,49?,51-,52-,53-,54-,55-,57-,58-,59-,60+/m0/s1. The molecular formula is C70H120N12O13. The number of likely N-dealkylation sites (N-methyl/N-ethyl adjacent to an activating group) is 6. The van der Waals surface area contributed by atoms with E-state index >= 15 is 14.4 Å². The first kappa shape index (κ1) is 84.1. The van der Waals surface area contributed by atoms with Crippen LogP contribution < -0.4 is 26.6 Å². The van der Waals surface area contributed by atoms with Gasteiger partial charge >= 0.3 is 0 Å². The molecule has 25 heteroatoms. The number of allylic oxidation sites excluding steroid dienone is 2. The van der Waals surface area contributed by atoms with Gasteiger partial charge in [-0.3, -0.25) is 52.7 Å². The topological polar surface area (TPSA) is 311 Å². The van der Waals surface area contributed by atoms with Crippen LogP contribution in [0.2, 0.25) is 0 Å². The monoisotopic (exact) mass is 1340 g/mol. The molecule has 1 aromatic rings. The fraction of sp³-hybridized carbons (Fsp3) is 0.729. The maximum Gasteiger partial charge on any atom is 0.248 e. The Balaban J connectivity index is 3.03. The number of carbonyl (C=O) groups is 11. The van der Waals surface area contributed by atoms with Crippen LogP contribution in [0.3, 0.4) is 0 Å². The number of aliphatic hydroxyl groups excluding tert-OH is 2. The first-order valence-electron chi connectivity index (χ1n) is 33.9. The maximum absolute atomic E-state index is 15.3. The van der Waals surface area contributed by atoms with Crippen LogP contribution in [-0.2, 0) is 59.3 Å². The normalized spacial score (nSPS) is 25.9. The summed E-state index contributed by atoms with van der Waals surface area (Å²) >= 11 is 0. The molecule has 0 radical (unpaired) electrons. The lowest BCUT2D eigenvalue weighted by Gasteiger charge is -2.40. The molecule has 0 aliphatic carbocycles. The van der Waals surface area contributed by atoms with Gasteiger partial charge in [-0.1, -0.05) is 126 Å². The lowest BCUT2D eigenvalue weighted by molar-refractivity contribution is -0.155. The molecule has 0 saturated carbocycles. The number of hydrogen-bond donors (Lipinski definition) is 7. The van der Waals surface area contributed by atoms with Crippen LogP contribution in [0.15, 0.2) is 42.5 Å². The Morgan fingerprint density at radius 3 is 1.42 bits per heavy atom. The van der Waals surface area contributed by atoms with Gasteiger partial charge in [-0.2, -0.15) is 0 Å². The molecule has 2 rings (SSSR count). The zero-order chi connectivity index (χ0) is 72.8. The minimum absolute atomic E-state index is 0.0743. The van der Waals surface area contributed by atoms with E-state index in [9.17, 15) is 48.6 Å². The molecule has 95 heavy (non-hydrogen) atoms. The summed E-state index contributed by atoms with van der Waals surface area (Å²) in [5, 5.41) is 37.2. The summed E-state index contributed by atoms with van der Waals surface area (Å²) in [5.74, 6) is -10.6. The number of hydrogen-bond acceptors (Lipinski definition) is 14.